The van der Waals surface area contributed by atoms with Gasteiger partial charge in [0.05, 0.1) is 18.7 Å². The number of ether oxygens (including phenoxy) is 2. The average Bonchev–Trinajstić information content (AvgIpc) is 2.61. The number of aryl methyl sites for hydroxylation is 2. The largest absolute Gasteiger partial charge is 0.469 e. The quantitative estimate of drug-likeness (QED) is 0.699. The summed E-state index contributed by atoms with van der Waals surface area (Å²) in [5, 5.41) is 0. The highest BCUT2D eigenvalue weighted by atomic mass is 16.6. The number of amides is 1. The van der Waals surface area contributed by atoms with Crippen molar-refractivity contribution in [3.05, 3.63) is 28.6 Å². The zero-order valence-corrected chi connectivity index (χ0v) is 19.2. The first kappa shape index (κ1) is 22.5. The minimum absolute atomic E-state index is 0.0246. The van der Waals surface area contributed by atoms with E-state index in [2.05, 4.69) is 24.8 Å². The molecule has 1 aromatic rings. The van der Waals surface area contributed by atoms with Gasteiger partial charge in [-0.1, -0.05) is 0 Å². The van der Waals surface area contributed by atoms with E-state index in [0.717, 1.165) is 43.9 Å². The monoisotopic (exact) mass is 417 g/mol. The predicted octanol–water partition coefficient (Wildman–Crippen LogP) is 3.42. The Bertz CT molecular complexity index is 765. The van der Waals surface area contributed by atoms with E-state index in [1.54, 1.807) is 4.90 Å². The summed E-state index contributed by atoms with van der Waals surface area (Å²) in [5.41, 5.74) is 4.12. The molecule has 0 aromatic carbocycles. The van der Waals surface area contributed by atoms with Crippen LogP contribution in [0.1, 0.15) is 62.0 Å². The normalized spacial score (nSPS) is 18.8. The van der Waals surface area contributed by atoms with Crippen LogP contribution in [0.5, 0.6) is 0 Å². The Morgan fingerprint density at radius 3 is 2.33 bits per heavy atom. The molecule has 2 aliphatic rings. The van der Waals surface area contributed by atoms with Gasteiger partial charge < -0.3 is 14.4 Å². The highest BCUT2D eigenvalue weighted by Crippen LogP contribution is 2.32. The summed E-state index contributed by atoms with van der Waals surface area (Å²) in [4.78, 5) is 32.9. The van der Waals surface area contributed by atoms with Gasteiger partial charge in [-0.05, 0) is 77.7 Å². The van der Waals surface area contributed by atoms with E-state index < -0.39 is 5.60 Å². The van der Waals surface area contributed by atoms with Gasteiger partial charge in [0.25, 0.3) is 0 Å². The summed E-state index contributed by atoms with van der Waals surface area (Å²) in [7, 11) is 1.46. The van der Waals surface area contributed by atoms with Crippen LogP contribution >= 0.6 is 0 Å². The molecule has 0 bridgehead atoms. The number of nitrogens with zero attached hydrogens (tertiary/aromatic N) is 3. The van der Waals surface area contributed by atoms with Crippen molar-refractivity contribution in [3.63, 3.8) is 0 Å². The lowest BCUT2D eigenvalue weighted by molar-refractivity contribution is -0.147. The number of likely N-dealkylation sites (tertiary alicyclic amines) is 2. The van der Waals surface area contributed by atoms with Gasteiger partial charge in [-0.15, -0.1) is 0 Å². The molecule has 2 saturated heterocycles. The molecule has 0 N–H and O–H groups in total. The fourth-order valence-corrected chi connectivity index (χ4v) is 4.48. The smallest absolute Gasteiger partial charge is 0.410 e. The van der Waals surface area contributed by atoms with Crippen molar-refractivity contribution >= 4 is 12.1 Å². The van der Waals surface area contributed by atoms with Crippen molar-refractivity contribution in [2.24, 2.45) is 5.92 Å². The van der Waals surface area contributed by atoms with Crippen LogP contribution in [0.15, 0.2) is 6.07 Å². The topological polar surface area (TPSA) is 72.0 Å². The van der Waals surface area contributed by atoms with E-state index in [-0.39, 0.29) is 18.0 Å². The van der Waals surface area contributed by atoms with Crippen LogP contribution in [0.4, 0.5) is 4.79 Å². The fraction of sp³-hybridized carbons (Fsp3) is 0.696. The zero-order valence-electron chi connectivity index (χ0n) is 19.2. The van der Waals surface area contributed by atoms with Crippen LogP contribution < -0.4 is 0 Å². The molecular weight excluding hydrogens is 382 g/mol. The van der Waals surface area contributed by atoms with E-state index in [9.17, 15) is 9.59 Å². The van der Waals surface area contributed by atoms with Gasteiger partial charge in [0.2, 0.25) is 0 Å². The standard InChI is InChI=1S/C23H35N3O4/c1-15-11-19(14-25-9-7-17(8-10-25)21(27)29-6)24-16(2)20(15)18-12-26(13-18)22(28)30-23(3,4)5/h11,17-18H,7-10,12-14H2,1-6H3. The minimum Gasteiger partial charge on any atom is -0.469 e. The summed E-state index contributed by atoms with van der Waals surface area (Å²) in [5.74, 6) is 0.246. The van der Waals surface area contributed by atoms with Gasteiger partial charge in [-0.3, -0.25) is 14.7 Å². The number of methoxy groups -OCH3 is 1. The molecule has 0 saturated carbocycles. The van der Waals surface area contributed by atoms with Gasteiger partial charge in [0, 0.05) is 31.2 Å². The fourth-order valence-electron chi connectivity index (χ4n) is 4.48. The first-order valence-corrected chi connectivity index (χ1v) is 10.8. The first-order valence-electron chi connectivity index (χ1n) is 10.8. The van der Waals surface area contributed by atoms with Crippen LogP contribution in [0.3, 0.4) is 0 Å². The number of hydrogen-bond acceptors (Lipinski definition) is 6. The Hall–Kier alpha value is -2.15. The van der Waals surface area contributed by atoms with Gasteiger partial charge in [0.1, 0.15) is 5.60 Å². The molecule has 2 aliphatic heterocycles. The Morgan fingerprint density at radius 2 is 1.80 bits per heavy atom. The molecule has 1 aromatic heterocycles. The predicted molar refractivity (Wildman–Crippen MR) is 114 cm³/mol. The second-order valence-corrected chi connectivity index (χ2v) is 9.59. The Balaban J connectivity index is 1.57. The van der Waals surface area contributed by atoms with E-state index in [4.69, 9.17) is 14.5 Å². The molecule has 0 aliphatic carbocycles. The molecule has 3 rings (SSSR count). The SMILES string of the molecule is COC(=O)C1CCN(Cc2cc(C)c(C3CN(C(=O)OC(C)(C)C)C3)c(C)n2)CC1. The van der Waals surface area contributed by atoms with E-state index >= 15 is 0 Å². The number of pyridine rings is 1. The maximum atomic E-state index is 12.2. The van der Waals surface area contributed by atoms with Crippen molar-refractivity contribution in [3.8, 4) is 0 Å². The number of hydrogen-bond donors (Lipinski definition) is 0. The van der Waals surface area contributed by atoms with Gasteiger partial charge in [0.15, 0.2) is 0 Å². The van der Waals surface area contributed by atoms with Crippen molar-refractivity contribution in [1.29, 1.82) is 0 Å². The molecule has 7 nitrogen and oxygen atoms in total. The Kier molecular flexibility index (Phi) is 6.70. The summed E-state index contributed by atoms with van der Waals surface area (Å²) in [6.07, 6.45) is 1.44. The molecule has 2 fully saturated rings. The third-order valence-electron chi connectivity index (χ3n) is 5.96. The number of carbonyl (C=O) groups is 2. The second kappa shape index (κ2) is 8.92. The molecule has 7 heteroatoms. The lowest BCUT2D eigenvalue weighted by Gasteiger charge is -2.41. The van der Waals surface area contributed by atoms with Gasteiger partial charge in [-0.25, -0.2) is 4.79 Å². The number of aromatic nitrogens is 1. The Morgan fingerprint density at radius 1 is 1.17 bits per heavy atom. The van der Waals surface area contributed by atoms with Crippen molar-refractivity contribution in [1.82, 2.24) is 14.8 Å². The Labute approximate surface area is 179 Å². The molecule has 0 atom stereocenters. The second-order valence-electron chi connectivity index (χ2n) is 9.59. The maximum absolute atomic E-state index is 12.2. The molecule has 166 valence electrons. The van der Waals surface area contributed by atoms with Crippen LogP contribution in [0, 0.1) is 19.8 Å². The molecule has 0 spiro atoms. The van der Waals surface area contributed by atoms with Crippen molar-refractivity contribution in [2.75, 3.05) is 33.3 Å². The third kappa shape index (κ3) is 5.31. The lowest BCUT2D eigenvalue weighted by Crippen LogP contribution is -2.50. The van der Waals surface area contributed by atoms with Crippen molar-refractivity contribution < 1.29 is 19.1 Å². The highest BCUT2D eigenvalue weighted by Gasteiger charge is 2.36. The molecule has 30 heavy (non-hydrogen) atoms. The van der Waals surface area contributed by atoms with Gasteiger partial charge >= 0.3 is 12.1 Å². The summed E-state index contributed by atoms with van der Waals surface area (Å²) >= 11 is 0. The van der Waals surface area contributed by atoms with Gasteiger partial charge in [-0.2, -0.15) is 0 Å². The van der Waals surface area contributed by atoms with Crippen LogP contribution in [-0.4, -0.2) is 65.7 Å². The third-order valence-corrected chi connectivity index (χ3v) is 5.96. The zero-order chi connectivity index (χ0) is 22.1. The molecule has 3 heterocycles. The summed E-state index contributed by atoms with van der Waals surface area (Å²) < 4.78 is 10.3. The van der Waals surface area contributed by atoms with Crippen LogP contribution in [0.2, 0.25) is 0 Å². The highest BCUT2D eigenvalue weighted by molar-refractivity contribution is 5.72. The molecule has 0 radical (unpaired) electrons. The summed E-state index contributed by atoms with van der Waals surface area (Å²) in [6, 6.07) is 2.17. The lowest BCUT2D eigenvalue weighted by atomic mass is 9.87. The minimum atomic E-state index is -0.470. The molecule has 1 amide bonds. The van der Waals surface area contributed by atoms with E-state index in [0.29, 0.717) is 19.0 Å². The molecule has 0 unspecified atom stereocenters. The van der Waals surface area contributed by atoms with Crippen LogP contribution in [0.25, 0.3) is 0 Å². The maximum Gasteiger partial charge on any atom is 0.410 e. The summed E-state index contributed by atoms with van der Waals surface area (Å²) in [6.45, 7) is 13.8. The number of piperidine rings is 1. The number of carbonyl (C=O) groups excluding carboxylic acids is 2. The van der Waals surface area contributed by atoms with E-state index in [1.807, 2.05) is 20.8 Å². The van der Waals surface area contributed by atoms with Crippen LogP contribution in [-0.2, 0) is 20.8 Å². The average molecular weight is 418 g/mol. The first-order chi connectivity index (χ1) is 14.1. The number of esters is 1. The number of rotatable bonds is 4. The van der Waals surface area contributed by atoms with Crippen molar-refractivity contribution in [2.45, 2.75) is 65.5 Å². The molecular formula is C23H35N3O4. The van der Waals surface area contributed by atoms with E-state index in [1.165, 1.54) is 18.2 Å².